The van der Waals surface area contributed by atoms with Gasteiger partial charge in [-0.2, -0.15) is 5.26 Å². The maximum absolute atomic E-state index is 8.80. The molecule has 0 atom stereocenters. The fourth-order valence-electron chi connectivity index (χ4n) is 2.33. The minimum Gasteiger partial charge on any atom is -0.371 e. The molecule has 0 amide bonds. The molecule has 4 heteroatoms. The highest BCUT2D eigenvalue weighted by molar-refractivity contribution is 7.10. The molecule has 1 aromatic heterocycles. The van der Waals surface area contributed by atoms with Crippen molar-refractivity contribution in [3.63, 3.8) is 0 Å². The molecule has 3 rings (SSSR count). The molecule has 0 N–H and O–H groups in total. The summed E-state index contributed by atoms with van der Waals surface area (Å²) in [5.74, 6) is 0. The second-order valence-electron chi connectivity index (χ2n) is 4.78. The maximum atomic E-state index is 8.80. The SMILES string of the molecule is COC1(c2nc(-c3ccc(C#N)cc3)cs2)CCC1. The average Bonchev–Trinajstić information content (AvgIpc) is 2.88. The van der Waals surface area contributed by atoms with E-state index in [-0.39, 0.29) is 5.60 Å². The fourth-order valence-corrected chi connectivity index (χ4v) is 3.40. The standard InChI is InChI=1S/C15H14N2OS/c1-18-15(7-2-8-15)14-17-13(10-19-14)12-5-3-11(9-16)4-6-12/h3-6,10H,2,7-8H2,1H3. The Morgan fingerprint density at radius 3 is 2.58 bits per heavy atom. The van der Waals surface area contributed by atoms with E-state index in [0.717, 1.165) is 29.1 Å². The van der Waals surface area contributed by atoms with Crippen molar-refractivity contribution in [1.29, 1.82) is 5.26 Å². The van der Waals surface area contributed by atoms with E-state index in [2.05, 4.69) is 11.4 Å². The number of ether oxygens (including phenoxy) is 1. The molecule has 1 fully saturated rings. The van der Waals surface area contributed by atoms with Gasteiger partial charge in [0.1, 0.15) is 10.6 Å². The van der Waals surface area contributed by atoms with Crippen LogP contribution in [0.3, 0.4) is 0 Å². The summed E-state index contributed by atoms with van der Waals surface area (Å²) in [6.07, 6.45) is 3.33. The lowest BCUT2D eigenvalue weighted by atomic mass is 9.80. The Hall–Kier alpha value is -1.70. The molecule has 1 saturated carbocycles. The lowest BCUT2D eigenvalue weighted by Gasteiger charge is -2.38. The van der Waals surface area contributed by atoms with E-state index >= 15 is 0 Å². The summed E-state index contributed by atoms with van der Waals surface area (Å²) in [6, 6.07) is 9.66. The van der Waals surface area contributed by atoms with E-state index in [1.54, 1.807) is 18.4 Å². The van der Waals surface area contributed by atoms with E-state index in [4.69, 9.17) is 15.0 Å². The zero-order chi connectivity index (χ0) is 13.3. The molecule has 0 radical (unpaired) electrons. The van der Waals surface area contributed by atoms with Gasteiger partial charge >= 0.3 is 0 Å². The molecule has 0 unspecified atom stereocenters. The number of benzene rings is 1. The normalized spacial score (nSPS) is 16.6. The number of hydrogen-bond donors (Lipinski definition) is 0. The second kappa shape index (κ2) is 4.76. The smallest absolute Gasteiger partial charge is 0.125 e. The number of thiazole rings is 1. The molecular formula is C15H14N2OS. The second-order valence-corrected chi connectivity index (χ2v) is 5.64. The van der Waals surface area contributed by atoms with E-state index in [0.29, 0.717) is 5.56 Å². The summed E-state index contributed by atoms with van der Waals surface area (Å²) < 4.78 is 5.65. The molecule has 0 aliphatic heterocycles. The first-order chi connectivity index (χ1) is 9.27. The van der Waals surface area contributed by atoms with Crippen LogP contribution in [0.15, 0.2) is 29.6 Å². The van der Waals surface area contributed by atoms with Crippen LogP contribution < -0.4 is 0 Å². The molecular weight excluding hydrogens is 256 g/mol. The molecule has 1 heterocycles. The van der Waals surface area contributed by atoms with Gasteiger partial charge in [0, 0.05) is 18.1 Å². The molecule has 3 nitrogen and oxygen atoms in total. The zero-order valence-electron chi connectivity index (χ0n) is 10.7. The Morgan fingerprint density at radius 2 is 2.05 bits per heavy atom. The van der Waals surface area contributed by atoms with Crippen LogP contribution in [0.25, 0.3) is 11.3 Å². The first-order valence-electron chi connectivity index (χ1n) is 6.29. The molecule has 0 bridgehead atoms. The van der Waals surface area contributed by atoms with Crippen molar-refractivity contribution in [1.82, 2.24) is 4.98 Å². The topological polar surface area (TPSA) is 45.9 Å². The van der Waals surface area contributed by atoms with Gasteiger partial charge in [-0.25, -0.2) is 4.98 Å². The van der Waals surface area contributed by atoms with Gasteiger partial charge in [-0.05, 0) is 31.4 Å². The van der Waals surface area contributed by atoms with Gasteiger partial charge in [0.25, 0.3) is 0 Å². The highest BCUT2D eigenvalue weighted by Gasteiger charge is 2.41. The summed E-state index contributed by atoms with van der Waals surface area (Å²) in [4.78, 5) is 4.71. The van der Waals surface area contributed by atoms with Crippen molar-refractivity contribution >= 4 is 11.3 Å². The predicted molar refractivity (Wildman–Crippen MR) is 74.8 cm³/mol. The minimum absolute atomic E-state index is 0.143. The lowest BCUT2D eigenvalue weighted by molar-refractivity contribution is -0.0778. The van der Waals surface area contributed by atoms with Gasteiger partial charge in [0.05, 0.1) is 17.3 Å². The predicted octanol–water partition coefficient (Wildman–Crippen LogP) is 3.71. The van der Waals surface area contributed by atoms with E-state index in [9.17, 15) is 0 Å². The van der Waals surface area contributed by atoms with Crippen LogP contribution in [0.5, 0.6) is 0 Å². The number of nitriles is 1. The quantitative estimate of drug-likeness (QED) is 0.854. The largest absolute Gasteiger partial charge is 0.371 e. The van der Waals surface area contributed by atoms with Crippen molar-refractivity contribution in [3.8, 4) is 17.3 Å². The molecule has 1 aromatic carbocycles. The Bertz CT molecular complexity index is 615. The van der Waals surface area contributed by atoms with Gasteiger partial charge in [-0.3, -0.25) is 0 Å². The third kappa shape index (κ3) is 2.05. The fraction of sp³-hybridized carbons (Fsp3) is 0.333. The van der Waals surface area contributed by atoms with Gasteiger partial charge in [-0.1, -0.05) is 12.1 Å². The summed E-state index contributed by atoms with van der Waals surface area (Å²) >= 11 is 1.66. The van der Waals surface area contributed by atoms with Crippen LogP contribution >= 0.6 is 11.3 Å². The molecule has 1 aliphatic rings. The Labute approximate surface area is 116 Å². The maximum Gasteiger partial charge on any atom is 0.125 e. The molecule has 19 heavy (non-hydrogen) atoms. The first kappa shape index (κ1) is 12.3. The van der Waals surface area contributed by atoms with E-state index in [1.807, 2.05) is 24.3 Å². The number of nitrogens with zero attached hydrogens (tertiary/aromatic N) is 2. The van der Waals surface area contributed by atoms with Gasteiger partial charge in [0.15, 0.2) is 0 Å². The molecule has 0 spiro atoms. The third-order valence-electron chi connectivity index (χ3n) is 3.76. The van der Waals surface area contributed by atoms with Gasteiger partial charge < -0.3 is 4.74 Å². The first-order valence-corrected chi connectivity index (χ1v) is 7.17. The van der Waals surface area contributed by atoms with Crippen molar-refractivity contribution in [3.05, 3.63) is 40.2 Å². The number of aromatic nitrogens is 1. The third-order valence-corrected chi connectivity index (χ3v) is 4.78. The average molecular weight is 270 g/mol. The number of hydrogen-bond acceptors (Lipinski definition) is 4. The minimum atomic E-state index is -0.143. The Morgan fingerprint density at radius 1 is 1.32 bits per heavy atom. The van der Waals surface area contributed by atoms with Crippen molar-refractivity contribution in [2.24, 2.45) is 0 Å². The monoisotopic (exact) mass is 270 g/mol. The zero-order valence-corrected chi connectivity index (χ0v) is 11.5. The Balaban J connectivity index is 1.90. The highest BCUT2D eigenvalue weighted by Crippen LogP contribution is 2.46. The van der Waals surface area contributed by atoms with Gasteiger partial charge in [-0.15, -0.1) is 11.3 Å². The van der Waals surface area contributed by atoms with Crippen molar-refractivity contribution in [2.45, 2.75) is 24.9 Å². The number of methoxy groups -OCH3 is 1. The molecule has 0 saturated heterocycles. The van der Waals surface area contributed by atoms with Crippen LogP contribution in [-0.2, 0) is 10.3 Å². The highest BCUT2D eigenvalue weighted by atomic mass is 32.1. The van der Waals surface area contributed by atoms with Crippen molar-refractivity contribution < 1.29 is 4.74 Å². The van der Waals surface area contributed by atoms with Crippen LogP contribution in [0, 0.1) is 11.3 Å². The number of rotatable bonds is 3. The van der Waals surface area contributed by atoms with Gasteiger partial charge in [0.2, 0.25) is 0 Å². The van der Waals surface area contributed by atoms with Crippen LogP contribution in [0.2, 0.25) is 0 Å². The Kier molecular flexibility index (Phi) is 3.09. The lowest BCUT2D eigenvalue weighted by Crippen LogP contribution is -2.35. The van der Waals surface area contributed by atoms with Crippen molar-refractivity contribution in [2.75, 3.05) is 7.11 Å². The molecule has 96 valence electrons. The summed E-state index contributed by atoms with van der Waals surface area (Å²) in [5, 5.41) is 11.9. The molecule has 1 aliphatic carbocycles. The summed E-state index contributed by atoms with van der Waals surface area (Å²) in [5.41, 5.74) is 2.54. The summed E-state index contributed by atoms with van der Waals surface area (Å²) in [6.45, 7) is 0. The van der Waals surface area contributed by atoms with E-state index < -0.39 is 0 Å². The van der Waals surface area contributed by atoms with E-state index in [1.165, 1.54) is 6.42 Å². The van der Waals surface area contributed by atoms with Crippen LogP contribution in [0.1, 0.15) is 29.8 Å². The van der Waals surface area contributed by atoms with Crippen LogP contribution in [0.4, 0.5) is 0 Å². The molecule has 2 aromatic rings. The summed E-state index contributed by atoms with van der Waals surface area (Å²) in [7, 11) is 1.77. The van der Waals surface area contributed by atoms with Crippen LogP contribution in [-0.4, -0.2) is 12.1 Å².